The third-order valence-corrected chi connectivity index (χ3v) is 6.22. The molecule has 0 bridgehead atoms. The smallest absolute Gasteiger partial charge is 0.266 e. The lowest BCUT2D eigenvalue weighted by molar-refractivity contribution is -0.128. The Kier molecular flexibility index (Phi) is 5.74. The molecule has 0 radical (unpaired) electrons. The van der Waals surface area contributed by atoms with E-state index in [0.717, 1.165) is 42.7 Å². The van der Waals surface area contributed by atoms with Crippen LogP contribution >= 0.6 is 11.3 Å². The molecule has 3 heterocycles. The van der Waals surface area contributed by atoms with Crippen molar-refractivity contribution in [2.75, 3.05) is 41.8 Å². The minimum absolute atomic E-state index is 0.0725. The minimum Gasteiger partial charge on any atom is -0.478 e. The lowest BCUT2D eigenvalue weighted by atomic mass is 10.1. The molecule has 2 amide bonds. The first-order valence-electron chi connectivity index (χ1n) is 10.4. The van der Waals surface area contributed by atoms with Crippen molar-refractivity contribution in [3.8, 4) is 17.0 Å². The largest absolute Gasteiger partial charge is 0.478 e. The van der Waals surface area contributed by atoms with Crippen LogP contribution in [0.4, 0.5) is 16.5 Å². The number of rotatable bonds is 5. The van der Waals surface area contributed by atoms with Crippen LogP contribution in [0.15, 0.2) is 53.9 Å². The average Bonchev–Trinajstić information content (AvgIpc) is 3.31. The van der Waals surface area contributed by atoms with E-state index >= 15 is 0 Å². The van der Waals surface area contributed by atoms with Crippen molar-refractivity contribution in [2.24, 2.45) is 0 Å². The summed E-state index contributed by atoms with van der Waals surface area (Å²) >= 11 is 1.62. The molecule has 164 valence electrons. The maximum Gasteiger partial charge on any atom is 0.266 e. The second kappa shape index (κ2) is 8.97. The second-order valence-corrected chi connectivity index (χ2v) is 8.37. The fourth-order valence-corrected chi connectivity index (χ4v) is 4.52. The molecule has 2 aliphatic rings. The van der Waals surface area contributed by atoms with Crippen LogP contribution in [-0.2, 0) is 14.3 Å². The maximum atomic E-state index is 12.5. The van der Waals surface area contributed by atoms with Gasteiger partial charge in [-0.05, 0) is 24.3 Å². The van der Waals surface area contributed by atoms with E-state index < -0.39 is 6.10 Å². The van der Waals surface area contributed by atoms with Gasteiger partial charge in [-0.3, -0.25) is 9.59 Å². The number of hydrogen-bond acceptors (Lipinski definition) is 7. The summed E-state index contributed by atoms with van der Waals surface area (Å²) in [5, 5.41) is 8.63. The zero-order chi connectivity index (χ0) is 21.9. The molecule has 1 unspecified atom stereocenters. The third kappa shape index (κ3) is 4.44. The Bertz CT molecular complexity index is 1130. The van der Waals surface area contributed by atoms with Crippen LogP contribution in [-0.4, -0.2) is 49.2 Å². The van der Waals surface area contributed by atoms with Crippen LogP contribution < -0.4 is 20.3 Å². The highest BCUT2D eigenvalue weighted by atomic mass is 32.1. The average molecular weight is 451 g/mol. The van der Waals surface area contributed by atoms with Gasteiger partial charge in [0.25, 0.3) is 5.91 Å². The zero-order valence-electron chi connectivity index (χ0n) is 17.2. The second-order valence-electron chi connectivity index (χ2n) is 7.54. The highest BCUT2D eigenvalue weighted by Crippen LogP contribution is 2.30. The molecule has 2 aromatic carbocycles. The summed E-state index contributed by atoms with van der Waals surface area (Å²) < 4.78 is 11.1. The minimum atomic E-state index is -0.863. The molecular weight excluding hydrogens is 428 g/mol. The number of morpholine rings is 1. The van der Waals surface area contributed by atoms with Crippen LogP contribution in [0.2, 0.25) is 0 Å². The zero-order valence-corrected chi connectivity index (χ0v) is 18.1. The van der Waals surface area contributed by atoms with Crippen molar-refractivity contribution in [3.63, 3.8) is 0 Å². The number of nitrogens with one attached hydrogen (secondary N) is 2. The molecule has 8 nitrogen and oxygen atoms in total. The van der Waals surface area contributed by atoms with E-state index in [1.807, 2.05) is 41.8 Å². The van der Waals surface area contributed by atoms with Gasteiger partial charge in [0.05, 0.1) is 31.0 Å². The first-order chi connectivity index (χ1) is 15.7. The molecule has 0 aliphatic carbocycles. The Morgan fingerprint density at radius 3 is 2.75 bits per heavy atom. The molecule has 9 heteroatoms. The van der Waals surface area contributed by atoms with Gasteiger partial charge in [-0.15, -0.1) is 11.3 Å². The Hall–Kier alpha value is -3.43. The van der Waals surface area contributed by atoms with Crippen molar-refractivity contribution in [3.05, 3.63) is 53.9 Å². The number of amides is 2. The van der Waals surface area contributed by atoms with E-state index in [4.69, 9.17) is 14.5 Å². The Morgan fingerprint density at radius 2 is 1.94 bits per heavy atom. The van der Waals surface area contributed by atoms with Crippen LogP contribution in [0.5, 0.6) is 5.75 Å². The van der Waals surface area contributed by atoms with Crippen LogP contribution in [0.25, 0.3) is 11.3 Å². The number of aromatic nitrogens is 1. The molecule has 2 N–H and O–H groups in total. The van der Waals surface area contributed by atoms with E-state index in [0.29, 0.717) is 17.1 Å². The van der Waals surface area contributed by atoms with Gasteiger partial charge in [0.1, 0.15) is 5.75 Å². The number of ether oxygens (including phenoxy) is 2. The molecule has 2 aliphatic heterocycles. The van der Waals surface area contributed by atoms with Crippen molar-refractivity contribution < 1.29 is 19.1 Å². The van der Waals surface area contributed by atoms with Crippen LogP contribution in [0.1, 0.15) is 6.42 Å². The van der Waals surface area contributed by atoms with Crippen molar-refractivity contribution >= 4 is 39.7 Å². The molecule has 1 atom stereocenters. The highest BCUT2D eigenvalue weighted by Gasteiger charge is 2.29. The van der Waals surface area contributed by atoms with Crippen LogP contribution in [0, 0.1) is 0 Å². The summed E-state index contributed by atoms with van der Waals surface area (Å²) in [5.74, 6) is -0.0525. The molecule has 0 saturated carbocycles. The highest BCUT2D eigenvalue weighted by molar-refractivity contribution is 7.14. The lowest BCUT2D eigenvalue weighted by Gasteiger charge is -2.26. The molecule has 1 saturated heterocycles. The van der Waals surface area contributed by atoms with Crippen molar-refractivity contribution in [1.82, 2.24) is 4.98 Å². The van der Waals surface area contributed by atoms with E-state index in [-0.39, 0.29) is 18.2 Å². The maximum absolute atomic E-state index is 12.5. The Morgan fingerprint density at radius 1 is 1.16 bits per heavy atom. The number of para-hydroxylation sites is 2. The van der Waals surface area contributed by atoms with E-state index in [9.17, 15) is 9.59 Å². The van der Waals surface area contributed by atoms with Gasteiger partial charge in [0.15, 0.2) is 11.2 Å². The fraction of sp³-hybridized carbons (Fsp3) is 0.261. The molecule has 3 aromatic rings. The van der Waals surface area contributed by atoms with E-state index in [1.54, 1.807) is 23.5 Å². The molecule has 32 heavy (non-hydrogen) atoms. The number of hydrogen-bond donors (Lipinski definition) is 2. The fourth-order valence-electron chi connectivity index (χ4n) is 3.63. The normalized spacial score (nSPS) is 17.8. The standard InChI is InChI=1S/C23H22N4O4S/c28-21(13-20-22(29)25-17-3-1-2-4-19(17)31-20)24-16-7-5-15(6-8-16)18-14-32-23(26-18)27-9-11-30-12-10-27/h1-8,14,20H,9-13H2,(H,24,28)(H,25,29). The van der Waals surface area contributed by atoms with Gasteiger partial charge >= 0.3 is 0 Å². The molecular formula is C23H22N4O4S. The molecule has 1 aromatic heterocycles. The first-order valence-corrected chi connectivity index (χ1v) is 11.3. The van der Waals surface area contributed by atoms with Gasteiger partial charge < -0.3 is 25.0 Å². The number of nitrogens with zero attached hydrogens (tertiary/aromatic N) is 2. The number of carbonyl (C=O) groups excluding carboxylic acids is 2. The monoisotopic (exact) mass is 450 g/mol. The number of benzene rings is 2. The predicted molar refractivity (Wildman–Crippen MR) is 123 cm³/mol. The summed E-state index contributed by atoms with van der Waals surface area (Å²) in [6.07, 6.45) is -0.936. The Balaban J connectivity index is 1.19. The SMILES string of the molecule is O=C(CC1Oc2ccccc2NC1=O)Nc1ccc(-c2csc(N3CCOCC3)n2)cc1. The quantitative estimate of drug-likeness (QED) is 0.619. The first kappa shape index (κ1) is 20.5. The van der Waals surface area contributed by atoms with Gasteiger partial charge in [-0.2, -0.15) is 0 Å². The summed E-state index contributed by atoms with van der Waals surface area (Å²) in [7, 11) is 0. The molecule has 1 fully saturated rings. The van der Waals surface area contributed by atoms with Gasteiger partial charge in [-0.1, -0.05) is 24.3 Å². The number of thiazole rings is 1. The summed E-state index contributed by atoms with van der Waals surface area (Å²) in [6, 6.07) is 14.7. The van der Waals surface area contributed by atoms with E-state index in [1.165, 1.54) is 0 Å². The third-order valence-electron chi connectivity index (χ3n) is 5.32. The van der Waals surface area contributed by atoms with Gasteiger partial charge in [0.2, 0.25) is 5.91 Å². The number of fused-ring (bicyclic) bond motifs is 1. The summed E-state index contributed by atoms with van der Waals surface area (Å²) in [4.78, 5) is 31.7. The van der Waals surface area contributed by atoms with E-state index in [2.05, 4.69) is 15.5 Å². The van der Waals surface area contributed by atoms with Gasteiger partial charge in [-0.25, -0.2) is 4.98 Å². The lowest BCUT2D eigenvalue weighted by Crippen LogP contribution is -2.39. The number of carbonyl (C=O) groups is 2. The van der Waals surface area contributed by atoms with Gasteiger partial charge in [0, 0.05) is 29.7 Å². The topological polar surface area (TPSA) is 92.8 Å². The summed E-state index contributed by atoms with van der Waals surface area (Å²) in [6.45, 7) is 3.16. The molecule has 5 rings (SSSR count). The van der Waals surface area contributed by atoms with Crippen molar-refractivity contribution in [1.29, 1.82) is 0 Å². The predicted octanol–water partition coefficient (Wildman–Crippen LogP) is 3.38. The molecule has 0 spiro atoms. The Labute approximate surface area is 189 Å². The number of anilines is 3. The van der Waals surface area contributed by atoms with Crippen molar-refractivity contribution in [2.45, 2.75) is 12.5 Å². The summed E-state index contributed by atoms with van der Waals surface area (Å²) in [5.41, 5.74) is 3.15. The van der Waals surface area contributed by atoms with Crippen LogP contribution in [0.3, 0.4) is 0 Å².